The number of carbonyl (C=O) groups is 1. The highest BCUT2D eigenvalue weighted by Crippen LogP contribution is 2.45. The van der Waals surface area contributed by atoms with Crippen LogP contribution in [0, 0.1) is 5.82 Å². The Labute approximate surface area is 267 Å². The van der Waals surface area contributed by atoms with E-state index in [1.165, 1.54) is 18.2 Å². The number of anilines is 1. The summed E-state index contributed by atoms with van der Waals surface area (Å²) in [5.41, 5.74) is 1.25. The molecule has 1 unspecified atom stereocenters. The molecule has 3 aromatic rings. The van der Waals surface area contributed by atoms with E-state index < -0.39 is 64.0 Å². The van der Waals surface area contributed by atoms with Crippen molar-refractivity contribution < 1.29 is 32.6 Å². The average Bonchev–Trinajstić information content (AvgIpc) is 3.86. The van der Waals surface area contributed by atoms with Crippen molar-refractivity contribution in [3.63, 3.8) is 0 Å². The molecule has 0 spiro atoms. The number of aliphatic hydroxyl groups is 2. The molecule has 1 saturated heterocycles. The van der Waals surface area contributed by atoms with Gasteiger partial charge in [0.2, 0.25) is 10.0 Å². The molecule has 44 heavy (non-hydrogen) atoms. The van der Waals surface area contributed by atoms with Crippen LogP contribution in [0.25, 0.3) is 0 Å². The number of morpholine rings is 1. The number of hydrogen-bond donors (Lipinski definition) is 2. The van der Waals surface area contributed by atoms with Crippen LogP contribution in [0.2, 0.25) is 10.0 Å². The molecule has 2 aliphatic rings. The molecule has 0 radical (unpaired) electrons. The third-order valence-corrected chi connectivity index (χ3v) is 10.9. The lowest BCUT2D eigenvalue weighted by Crippen LogP contribution is -2.58. The van der Waals surface area contributed by atoms with E-state index in [1.54, 1.807) is 53.4 Å². The molecule has 5 atom stereocenters. The van der Waals surface area contributed by atoms with Crippen LogP contribution in [-0.2, 0) is 19.6 Å². The smallest absolute Gasteiger partial charge is 0.252 e. The summed E-state index contributed by atoms with van der Waals surface area (Å²) < 4.78 is 50.2. The Morgan fingerprint density at radius 3 is 2.34 bits per heavy atom. The average molecular weight is 666 g/mol. The highest BCUT2D eigenvalue weighted by atomic mass is 35.5. The van der Waals surface area contributed by atoms with Crippen LogP contribution in [0.15, 0.2) is 72.8 Å². The summed E-state index contributed by atoms with van der Waals surface area (Å²) in [4.78, 5) is 16.0. The summed E-state index contributed by atoms with van der Waals surface area (Å²) >= 11 is 12.6. The first-order chi connectivity index (χ1) is 21.0. The van der Waals surface area contributed by atoms with Gasteiger partial charge in [-0.05, 0) is 66.8 Å². The van der Waals surface area contributed by atoms with Crippen LogP contribution in [0.5, 0.6) is 0 Å². The number of aliphatic hydroxyl groups excluding tert-OH is 2. The number of benzene rings is 3. The Hall–Kier alpha value is -2.73. The van der Waals surface area contributed by atoms with Gasteiger partial charge in [0, 0.05) is 16.5 Å². The molecule has 236 valence electrons. The highest BCUT2D eigenvalue weighted by Gasteiger charge is 2.49. The Kier molecular flexibility index (Phi) is 10.2. The van der Waals surface area contributed by atoms with Crippen LogP contribution in [0.3, 0.4) is 0 Å². The minimum absolute atomic E-state index is 0.0831. The Balaban J connectivity index is 1.65. The SMILES string of the molecule is CCC(CN(c1ccccc1F)S(=O)(=O)C1CC1)N1C(=O)[C@@H](C[C@@H](O)CO)O[C@H](c2cccc(Cl)c2)[C@H]1c1ccc(Cl)cc1. The molecular formula is C32H35Cl2FN2O6S. The highest BCUT2D eigenvalue weighted by molar-refractivity contribution is 7.93. The van der Waals surface area contributed by atoms with Gasteiger partial charge in [0.05, 0.1) is 42.3 Å². The van der Waals surface area contributed by atoms with Gasteiger partial charge >= 0.3 is 0 Å². The molecule has 0 bridgehead atoms. The molecule has 8 nitrogen and oxygen atoms in total. The van der Waals surface area contributed by atoms with Gasteiger partial charge in [-0.25, -0.2) is 12.8 Å². The second-order valence-electron chi connectivity index (χ2n) is 11.2. The van der Waals surface area contributed by atoms with E-state index in [0.717, 1.165) is 4.31 Å². The van der Waals surface area contributed by atoms with Crippen LogP contribution in [-0.4, -0.2) is 66.1 Å². The fourth-order valence-corrected chi connectivity index (χ4v) is 7.95. The van der Waals surface area contributed by atoms with Crippen molar-refractivity contribution >= 4 is 44.8 Å². The molecule has 1 saturated carbocycles. The topological polar surface area (TPSA) is 107 Å². The number of amides is 1. The van der Waals surface area contributed by atoms with Crippen molar-refractivity contribution in [2.45, 2.75) is 68.3 Å². The maximum absolute atomic E-state index is 15.2. The number of carbonyl (C=O) groups excluding carboxylic acids is 1. The van der Waals surface area contributed by atoms with Crippen LogP contribution in [0.4, 0.5) is 10.1 Å². The zero-order chi connectivity index (χ0) is 31.6. The standard InChI is InChI=1S/C32H35Cl2FN2O6S/c1-2-24(18-36(44(41,42)26-14-15-26)28-9-4-3-8-27(28)35)37-30(20-10-12-22(33)13-11-20)31(21-6-5-7-23(34)16-21)43-29(32(37)40)17-25(39)19-38/h3-13,16,24-26,29-31,38-39H,2,14-15,17-19H2,1H3/t24?,25-,29-,30-,31-/m1/s1. The first kappa shape index (κ1) is 32.7. The normalized spacial score (nSPS) is 22.1. The third kappa shape index (κ3) is 6.90. The quantitative estimate of drug-likeness (QED) is 0.259. The van der Waals surface area contributed by atoms with E-state index >= 15 is 4.39 Å². The first-order valence-electron chi connectivity index (χ1n) is 14.6. The summed E-state index contributed by atoms with van der Waals surface area (Å²) in [6.07, 6.45) is -2.11. The number of sulfonamides is 1. The van der Waals surface area contributed by atoms with E-state index in [1.807, 2.05) is 13.0 Å². The summed E-state index contributed by atoms with van der Waals surface area (Å²) in [5.74, 6) is -1.17. The number of rotatable bonds is 12. The van der Waals surface area contributed by atoms with Gasteiger partial charge in [0.15, 0.2) is 0 Å². The zero-order valence-electron chi connectivity index (χ0n) is 24.1. The van der Waals surface area contributed by atoms with Crippen molar-refractivity contribution in [2.24, 2.45) is 0 Å². The maximum atomic E-state index is 15.2. The maximum Gasteiger partial charge on any atom is 0.252 e. The number of halogens is 3. The van der Waals surface area contributed by atoms with Gasteiger partial charge in [-0.3, -0.25) is 9.10 Å². The van der Waals surface area contributed by atoms with Gasteiger partial charge in [-0.2, -0.15) is 0 Å². The first-order valence-corrected chi connectivity index (χ1v) is 16.8. The van der Waals surface area contributed by atoms with Crippen molar-refractivity contribution in [1.82, 2.24) is 4.90 Å². The Bertz CT molecular complexity index is 1570. The van der Waals surface area contributed by atoms with Gasteiger partial charge in [-0.15, -0.1) is 0 Å². The number of hydrogen-bond acceptors (Lipinski definition) is 6. The van der Waals surface area contributed by atoms with Gasteiger partial charge in [0.25, 0.3) is 5.91 Å². The predicted molar refractivity (Wildman–Crippen MR) is 168 cm³/mol. The number of nitrogens with zero attached hydrogens (tertiary/aromatic N) is 2. The summed E-state index contributed by atoms with van der Waals surface area (Å²) in [6.45, 7) is 1.05. The van der Waals surface area contributed by atoms with Crippen LogP contribution in [0.1, 0.15) is 55.9 Å². The van der Waals surface area contributed by atoms with Crippen molar-refractivity contribution in [3.05, 3.63) is 99.8 Å². The van der Waals surface area contributed by atoms with Crippen LogP contribution < -0.4 is 4.31 Å². The minimum Gasteiger partial charge on any atom is -0.394 e. The van der Waals surface area contributed by atoms with E-state index in [2.05, 4.69) is 0 Å². The van der Waals surface area contributed by atoms with Crippen molar-refractivity contribution in [3.8, 4) is 0 Å². The van der Waals surface area contributed by atoms with E-state index in [4.69, 9.17) is 27.9 Å². The predicted octanol–water partition coefficient (Wildman–Crippen LogP) is 5.66. The number of para-hydroxylation sites is 1. The fraction of sp³-hybridized carbons (Fsp3) is 0.406. The van der Waals surface area contributed by atoms with E-state index in [9.17, 15) is 23.4 Å². The van der Waals surface area contributed by atoms with E-state index in [0.29, 0.717) is 40.4 Å². The molecule has 1 aliphatic heterocycles. The molecule has 1 aliphatic carbocycles. The van der Waals surface area contributed by atoms with Crippen LogP contribution >= 0.6 is 23.2 Å². The largest absolute Gasteiger partial charge is 0.394 e. The van der Waals surface area contributed by atoms with Gasteiger partial charge in [-0.1, -0.05) is 66.5 Å². The second kappa shape index (κ2) is 13.7. The van der Waals surface area contributed by atoms with Crippen molar-refractivity contribution in [1.29, 1.82) is 0 Å². The molecule has 1 heterocycles. The van der Waals surface area contributed by atoms with Gasteiger partial charge < -0.3 is 19.8 Å². The third-order valence-electron chi connectivity index (χ3n) is 8.13. The molecule has 12 heteroatoms. The number of ether oxygens (including phenoxy) is 1. The van der Waals surface area contributed by atoms with Crippen molar-refractivity contribution in [2.75, 3.05) is 17.5 Å². The second-order valence-corrected chi connectivity index (χ2v) is 14.2. The molecule has 0 aromatic heterocycles. The van der Waals surface area contributed by atoms with Gasteiger partial charge in [0.1, 0.15) is 18.0 Å². The molecule has 5 rings (SSSR count). The summed E-state index contributed by atoms with van der Waals surface area (Å²) in [5, 5.41) is 20.3. The van der Waals surface area contributed by atoms with E-state index in [-0.39, 0.29) is 18.7 Å². The molecular weight excluding hydrogens is 630 g/mol. The zero-order valence-corrected chi connectivity index (χ0v) is 26.4. The summed E-state index contributed by atoms with van der Waals surface area (Å²) in [7, 11) is -3.94. The molecule has 2 N–H and O–H groups in total. The summed E-state index contributed by atoms with van der Waals surface area (Å²) in [6, 6.07) is 18.2. The Morgan fingerprint density at radius 2 is 1.73 bits per heavy atom. The lowest BCUT2D eigenvalue weighted by atomic mass is 9.89. The fourth-order valence-electron chi connectivity index (χ4n) is 5.73. The minimum atomic E-state index is -3.94. The molecule has 3 aromatic carbocycles. The monoisotopic (exact) mass is 664 g/mol. The lowest BCUT2D eigenvalue weighted by molar-refractivity contribution is -0.183. The Morgan fingerprint density at radius 1 is 1.02 bits per heavy atom. The molecule has 1 amide bonds. The molecule has 2 fully saturated rings. The lowest BCUT2D eigenvalue weighted by Gasteiger charge is -2.49.